The number of hydrogen-bond acceptors (Lipinski definition) is 8. The summed E-state index contributed by atoms with van der Waals surface area (Å²) in [5, 5.41) is 19.4. The molecule has 0 aromatic heterocycles. The minimum absolute atomic E-state index is 0.144. The van der Waals surface area contributed by atoms with Crippen LogP contribution in [0.15, 0.2) is 30.3 Å². The zero-order chi connectivity index (χ0) is 33.2. The van der Waals surface area contributed by atoms with Gasteiger partial charge in [0.1, 0.15) is 23.7 Å². The van der Waals surface area contributed by atoms with Crippen molar-refractivity contribution in [3.05, 3.63) is 35.9 Å². The van der Waals surface area contributed by atoms with Crippen LogP contribution in [0.5, 0.6) is 0 Å². The molecule has 0 radical (unpaired) electrons. The summed E-state index contributed by atoms with van der Waals surface area (Å²) in [5.74, 6) is -2.90. The number of aliphatic hydroxyl groups excluding tert-OH is 1. The molecule has 0 saturated carbocycles. The Morgan fingerprint density at radius 1 is 1.00 bits per heavy atom. The Labute approximate surface area is 260 Å². The number of rotatable bonds is 13. The van der Waals surface area contributed by atoms with E-state index in [0.29, 0.717) is 19.3 Å². The Kier molecular flexibility index (Phi) is 13.6. The van der Waals surface area contributed by atoms with E-state index in [1.807, 2.05) is 44.2 Å². The number of esters is 1. The van der Waals surface area contributed by atoms with Gasteiger partial charge in [-0.05, 0) is 57.4 Å². The summed E-state index contributed by atoms with van der Waals surface area (Å²) in [6, 6.07) is 5.26. The van der Waals surface area contributed by atoms with Gasteiger partial charge in [-0.15, -0.1) is 0 Å². The molecule has 0 bridgehead atoms. The largest absolute Gasteiger partial charge is 0.467 e. The predicted molar refractivity (Wildman–Crippen MR) is 164 cm³/mol. The van der Waals surface area contributed by atoms with Gasteiger partial charge in [-0.2, -0.15) is 0 Å². The third kappa shape index (κ3) is 10.5. The van der Waals surface area contributed by atoms with E-state index in [2.05, 4.69) is 16.0 Å². The molecule has 1 saturated heterocycles. The quantitative estimate of drug-likeness (QED) is 0.245. The maximum Gasteiger partial charge on any atom is 0.407 e. The van der Waals surface area contributed by atoms with Crippen LogP contribution < -0.4 is 16.0 Å². The number of hydrogen-bond donors (Lipinski definition) is 4. The second-order valence-electron chi connectivity index (χ2n) is 12.7. The highest BCUT2D eigenvalue weighted by atomic mass is 16.6. The Morgan fingerprint density at radius 3 is 2.18 bits per heavy atom. The molecule has 4 N–H and O–H groups in total. The van der Waals surface area contributed by atoms with Crippen LogP contribution in [0.1, 0.15) is 73.3 Å². The summed E-state index contributed by atoms with van der Waals surface area (Å²) in [6.45, 7) is 12.6. The van der Waals surface area contributed by atoms with E-state index in [4.69, 9.17) is 9.47 Å². The lowest BCUT2D eigenvalue weighted by Crippen LogP contribution is -2.59. The second kappa shape index (κ2) is 16.4. The lowest BCUT2D eigenvalue weighted by atomic mass is 9.96. The highest BCUT2D eigenvalue weighted by Gasteiger charge is 2.41. The van der Waals surface area contributed by atoms with Crippen LogP contribution in [0.25, 0.3) is 0 Å². The third-order valence-electron chi connectivity index (χ3n) is 7.69. The average molecular weight is 619 g/mol. The molecule has 1 aromatic rings. The number of nitrogens with one attached hydrogen (secondary N) is 3. The fourth-order valence-electron chi connectivity index (χ4n) is 5.03. The Morgan fingerprint density at radius 2 is 1.64 bits per heavy atom. The van der Waals surface area contributed by atoms with Crippen molar-refractivity contribution in [1.82, 2.24) is 20.9 Å². The summed E-state index contributed by atoms with van der Waals surface area (Å²) < 4.78 is 10.2. The van der Waals surface area contributed by atoms with Crippen LogP contribution in [0, 0.1) is 11.8 Å². The maximum absolute atomic E-state index is 13.7. The van der Waals surface area contributed by atoms with Gasteiger partial charge in [0.05, 0.1) is 13.2 Å². The van der Waals surface area contributed by atoms with Crippen molar-refractivity contribution in [2.24, 2.45) is 11.8 Å². The zero-order valence-electron chi connectivity index (χ0n) is 27.2. The van der Waals surface area contributed by atoms with Gasteiger partial charge in [-0.1, -0.05) is 64.4 Å². The molecule has 0 aliphatic carbocycles. The van der Waals surface area contributed by atoms with E-state index in [9.17, 15) is 29.1 Å². The van der Waals surface area contributed by atoms with Crippen LogP contribution in [0.2, 0.25) is 0 Å². The molecule has 6 atom stereocenters. The molecule has 1 aliphatic rings. The Balaban J connectivity index is 2.24. The van der Waals surface area contributed by atoms with Gasteiger partial charge in [0.2, 0.25) is 11.8 Å². The van der Waals surface area contributed by atoms with E-state index in [1.165, 1.54) is 12.0 Å². The van der Waals surface area contributed by atoms with E-state index in [0.717, 1.165) is 5.56 Å². The first-order chi connectivity index (χ1) is 20.6. The van der Waals surface area contributed by atoms with E-state index < -0.39 is 65.7 Å². The number of nitrogens with zero attached hydrogens (tertiary/aromatic N) is 1. The van der Waals surface area contributed by atoms with Crippen LogP contribution in [-0.4, -0.2) is 89.3 Å². The van der Waals surface area contributed by atoms with Gasteiger partial charge >= 0.3 is 12.1 Å². The zero-order valence-corrected chi connectivity index (χ0v) is 27.2. The minimum atomic E-state index is -1.67. The van der Waals surface area contributed by atoms with Crippen molar-refractivity contribution in [3.63, 3.8) is 0 Å². The van der Waals surface area contributed by atoms with Crippen molar-refractivity contribution in [2.45, 2.75) is 110 Å². The van der Waals surface area contributed by atoms with Gasteiger partial charge in [0.15, 0.2) is 6.10 Å². The molecule has 0 spiro atoms. The Hall–Kier alpha value is -3.67. The highest BCUT2D eigenvalue weighted by molar-refractivity contribution is 5.94. The third-order valence-corrected chi connectivity index (χ3v) is 7.69. The molecule has 1 aromatic carbocycles. The molecule has 1 aliphatic heterocycles. The number of likely N-dealkylation sites (tertiary alicyclic amines) is 1. The fourth-order valence-corrected chi connectivity index (χ4v) is 5.03. The number of benzene rings is 1. The molecule has 1 heterocycles. The van der Waals surface area contributed by atoms with Crippen LogP contribution in [-0.2, 0) is 35.1 Å². The predicted octanol–water partition coefficient (Wildman–Crippen LogP) is 2.32. The normalized spacial score (nSPS) is 18.4. The number of methoxy groups -OCH3 is 1. The monoisotopic (exact) mass is 618 g/mol. The molecular formula is C32H50N4O8. The van der Waals surface area contributed by atoms with Crippen molar-refractivity contribution < 1.29 is 38.6 Å². The molecule has 4 amide bonds. The summed E-state index contributed by atoms with van der Waals surface area (Å²) in [6.07, 6.45) is -0.903. The van der Waals surface area contributed by atoms with Gasteiger partial charge in [-0.3, -0.25) is 14.4 Å². The maximum atomic E-state index is 13.7. The molecule has 246 valence electrons. The molecule has 44 heavy (non-hydrogen) atoms. The van der Waals surface area contributed by atoms with Crippen molar-refractivity contribution >= 4 is 29.8 Å². The molecule has 12 heteroatoms. The summed E-state index contributed by atoms with van der Waals surface area (Å²) in [4.78, 5) is 66.7. The average Bonchev–Trinajstić information content (AvgIpc) is 3.46. The van der Waals surface area contributed by atoms with Crippen molar-refractivity contribution in [3.8, 4) is 0 Å². The molecular weight excluding hydrogens is 568 g/mol. The van der Waals surface area contributed by atoms with Crippen molar-refractivity contribution in [1.29, 1.82) is 0 Å². The first kappa shape index (κ1) is 36.5. The lowest BCUT2D eigenvalue weighted by Gasteiger charge is -2.32. The standard InChI is InChI=1S/C32H50N4O8/c1-9-20(4)25(28(39)34-24(19(2)3)30(41)43-8)35-27(38)23-16-13-17-36(23)29(40)26(37)22(18-21-14-11-10-12-15-21)33-31(42)44-32(5,6)7/h10-12,14-15,19-20,22-26,37H,9,13,16-18H2,1-8H3,(H,33,42)(H,34,39)(H,35,38)/t20-,22-,23-,24-,25-,26+/m0/s1. The van der Waals surface area contributed by atoms with Crippen molar-refractivity contribution in [2.75, 3.05) is 13.7 Å². The molecule has 12 nitrogen and oxygen atoms in total. The van der Waals surface area contributed by atoms with Gasteiger partial charge in [-0.25, -0.2) is 9.59 Å². The lowest BCUT2D eigenvalue weighted by molar-refractivity contribution is -0.148. The topological polar surface area (TPSA) is 163 Å². The summed E-state index contributed by atoms with van der Waals surface area (Å²) in [5.41, 5.74) is -0.0101. The first-order valence-electron chi connectivity index (χ1n) is 15.3. The Bertz CT molecular complexity index is 1140. The van der Waals surface area contributed by atoms with Crippen LogP contribution in [0.3, 0.4) is 0 Å². The number of alkyl carbamates (subject to hydrolysis) is 1. The first-order valence-corrected chi connectivity index (χ1v) is 15.3. The number of amides is 4. The van der Waals surface area contributed by atoms with Gasteiger partial charge in [0, 0.05) is 6.54 Å². The van der Waals surface area contributed by atoms with E-state index in [1.54, 1.807) is 34.6 Å². The number of carbonyl (C=O) groups is 5. The molecule has 1 fully saturated rings. The number of carbonyl (C=O) groups excluding carboxylic acids is 5. The number of ether oxygens (including phenoxy) is 2. The van der Waals surface area contributed by atoms with Crippen LogP contribution >= 0.6 is 0 Å². The summed E-state index contributed by atoms with van der Waals surface area (Å²) in [7, 11) is 1.24. The van der Waals surface area contributed by atoms with E-state index in [-0.39, 0.29) is 24.8 Å². The van der Waals surface area contributed by atoms with E-state index >= 15 is 0 Å². The second-order valence-corrected chi connectivity index (χ2v) is 12.7. The highest BCUT2D eigenvalue weighted by Crippen LogP contribution is 2.22. The van der Waals surface area contributed by atoms with Gasteiger partial charge < -0.3 is 35.4 Å². The fraction of sp³-hybridized carbons (Fsp3) is 0.656. The minimum Gasteiger partial charge on any atom is -0.467 e. The van der Waals surface area contributed by atoms with Gasteiger partial charge in [0.25, 0.3) is 5.91 Å². The molecule has 2 rings (SSSR count). The molecule has 0 unspecified atom stereocenters. The smallest absolute Gasteiger partial charge is 0.407 e. The van der Waals surface area contributed by atoms with Crippen LogP contribution in [0.4, 0.5) is 4.79 Å². The summed E-state index contributed by atoms with van der Waals surface area (Å²) >= 11 is 0. The number of aliphatic hydroxyl groups is 1. The SMILES string of the molecule is CC[C@H](C)[C@H](NC(=O)[C@@H]1CCCN1C(=O)[C@H](O)[C@H](Cc1ccccc1)NC(=O)OC(C)(C)C)C(=O)N[C@H](C(=O)OC)C(C)C.